The molecule has 0 bridgehead atoms. The molecule has 0 radical (unpaired) electrons. The largest absolute Gasteiger partial charge is 0.393 e. The Morgan fingerprint density at radius 2 is 2.26 bits per heavy atom. The minimum absolute atomic E-state index is 0.288. The van der Waals surface area contributed by atoms with Crippen molar-refractivity contribution in [1.82, 2.24) is 4.98 Å². The van der Waals surface area contributed by atoms with E-state index in [0.717, 1.165) is 17.4 Å². The number of carbonyl (C=O) groups excluding carboxylic acids is 1. The molecule has 1 aromatic heterocycles. The van der Waals surface area contributed by atoms with Crippen LogP contribution < -0.4 is 11.1 Å². The smallest absolute Gasteiger partial charge is 0.295 e. The SMILES string of the molecule is Nc1c(C(=O)Nc2nccs2)cc(F)cc1[N+](=O)[O-]. The first-order valence-corrected chi connectivity index (χ1v) is 5.81. The quantitative estimate of drug-likeness (QED) is 0.508. The van der Waals surface area contributed by atoms with Gasteiger partial charge in [-0.25, -0.2) is 9.37 Å². The fraction of sp³-hybridized carbons (Fsp3) is 0. The van der Waals surface area contributed by atoms with Crippen LogP contribution in [-0.4, -0.2) is 15.8 Å². The number of aromatic nitrogens is 1. The molecular formula is C10H7FN4O3S. The van der Waals surface area contributed by atoms with E-state index in [1.54, 1.807) is 5.38 Å². The average molecular weight is 282 g/mol. The van der Waals surface area contributed by atoms with E-state index in [9.17, 15) is 19.3 Å². The van der Waals surface area contributed by atoms with Crippen molar-refractivity contribution in [3.05, 3.63) is 45.2 Å². The van der Waals surface area contributed by atoms with E-state index in [1.807, 2.05) is 0 Å². The Bertz CT molecular complexity index is 644. The first-order chi connectivity index (χ1) is 8.99. The fourth-order valence-corrected chi connectivity index (χ4v) is 1.92. The van der Waals surface area contributed by atoms with E-state index in [0.29, 0.717) is 6.07 Å². The molecule has 9 heteroatoms. The van der Waals surface area contributed by atoms with Gasteiger partial charge in [0, 0.05) is 11.6 Å². The molecule has 19 heavy (non-hydrogen) atoms. The molecule has 3 N–H and O–H groups in total. The first kappa shape index (κ1) is 12.9. The number of thiazole rings is 1. The second-order valence-electron chi connectivity index (χ2n) is 3.43. The molecule has 0 aliphatic rings. The molecule has 0 atom stereocenters. The number of nitrogens with one attached hydrogen (secondary N) is 1. The Balaban J connectivity index is 2.39. The number of carbonyl (C=O) groups is 1. The molecule has 2 aromatic rings. The van der Waals surface area contributed by atoms with E-state index >= 15 is 0 Å². The summed E-state index contributed by atoms with van der Waals surface area (Å²) in [7, 11) is 0. The van der Waals surface area contributed by atoms with Crippen LogP contribution in [0.5, 0.6) is 0 Å². The van der Waals surface area contributed by atoms with Gasteiger partial charge in [0.1, 0.15) is 11.5 Å². The lowest BCUT2D eigenvalue weighted by Gasteiger charge is -2.06. The van der Waals surface area contributed by atoms with Crippen molar-refractivity contribution in [3.63, 3.8) is 0 Å². The first-order valence-electron chi connectivity index (χ1n) is 4.93. The number of benzene rings is 1. The average Bonchev–Trinajstić information content (AvgIpc) is 2.84. The number of nitro groups is 1. The van der Waals surface area contributed by atoms with Gasteiger partial charge < -0.3 is 5.73 Å². The lowest BCUT2D eigenvalue weighted by Crippen LogP contribution is -2.15. The highest BCUT2D eigenvalue weighted by Gasteiger charge is 2.22. The highest BCUT2D eigenvalue weighted by molar-refractivity contribution is 7.13. The molecule has 0 aliphatic heterocycles. The predicted molar refractivity (Wildman–Crippen MR) is 67.5 cm³/mol. The molecule has 0 saturated heterocycles. The Kier molecular flexibility index (Phi) is 3.38. The number of hydrogen-bond donors (Lipinski definition) is 2. The van der Waals surface area contributed by atoms with Gasteiger partial charge >= 0.3 is 0 Å². The van der Waals surface area contributed by atoms with Gasteiger partial charge in [0.2, 0.25) is 0 Å². The summed E-state index contributed by atoms with van der Waals surface area (Å²) >= 11 is 1.15. The van der Waals surface area contributed by atoms with Gasteiger partial charge in [0.25, 0.3) is 11.6 Å². The van der Waals surface area contributed by atoms with Crippen LogP contribution in [0.25, 0.3) is 0 Å². The summed E-state index contributed by atoms with van der Waals surface area (Å²) in [5, 5.41) is 15.0. The Labute approximate surface area is 110 Å². The summed E-state index contributed by atoms with van der Waals surface area (Å²) < 4.78 is 13.3. The molecule has 1 aromatic carbocycles. The summed E-state index contributed by atoms with van der Waals surface area (Å²) in [6, 6.07) is 1.50. The van der Waals surface area contributed by atoms with E-state index in [2.05, 4.69) is 10.3 Å². The van der Waals surface area contributed by atoms with Crippen LogP contribution in [-0.2, 0) is 0 Å². The van der Waals surface area contributed by atoms with Gasteiger partial charge in [-0.2, -0.15) is 0 Å². The van der Waals surface area contributed by atoms with Crippen LogP contribution in [0.15, 0.2) is 23.7 Å². The topological polar surface area (TPSA) is 111 Å². The van der Waals surface area contributed by atoms with Crippen molar-refractivity contribution >= 4 is 33.8 Å². The molecule has 0 fully saturated rings. The maximum absolute atomic E-state index is 13.3. The minimum Gasteiger partial charge on any atom is -0.393 e. The molecule has 0 spiro atoms. The van der Waals surface area contributed by atoms with Crippen molar-refractivity contribution in [2.75, 3.05) is 11.1 Å². The molecule has 0 unspecified atom stereocenters. The molecule has 98 valence electrons. The molecule has 1 amide bonds. The standard InChI is InChI=1S/C10H7FN4O3S/c11-5-3-6(8(12)7(4-5)15(17)18)9(16)14-10-13-1-2-19-10/h1-4H,12H2,(H,13,14,16). The number of nitrogens with zero attached hydrogens (tertiary/aromatic N) is 2. The molecule has 7 nitrogen and oxygen atoms in total. The van der Waals surface area contributed by atoms with E-state index in [1.165, 1.54) is 6.20 Å². The predicted octanol–water partition coefficient (Wildman–Crippen LogP) is 2.02. The van der Waals surface area contributed by atoms with Crippen molar-refractivity contribution in [3.8, 4) is 0 Å². The Morgan fingerprint density at radius 1 is 1.53 bits per heavy atom. The van der Waals surface area contributed by atoms with Crippen LogP contribution >= 0.6 is 11.3 Å². The minimum atomic E-state index is -0.912. The number of rotatable bonds is 3. The Morgan fingerprint density at radius 3 is 2.84 bits per heavy atom. The zero-order valence-electron chi connectivity index (χ0n) is 9.29. The second kappa shape index (κ2) is 4.98. The highest BCUT2D eigenvalue weighted by Crippen LogP contribution is 2.27. The number of hydrogen-bond acceptors (Lipinski definition) is 6. The normalized spacial score (nSPS) is 10.2. The van der Waals surface area contributed by atoms with Crippen molar-refractivity contribution < 1.29 is 14.1 Å². The zero-order chi connectivity index (χ0) is 14.0. The number of halogens is 1. The third kappa shape index (κ3) is 2.65. The summed E-state index contributed by atoms with van der Waals surface area (Å²) in [5.74, 6) is -1.67. The monoisotopic (exact) mass is 282 g/mol. The summed E-state index contributed by atoms with van der Waals surface area (Å²) in [6.07, 6.45) is 1.47. The lowest BCUT2D eigenvalue weighted by atomic mass is 10.1. The number of nitro benzene ring substituents is 1. The van der Waals surface area contributed by atoms with Crippen molar-refractivity contribution in [2.45, 2.75) is 0 Å². The van der Waals surface area contributed by atoms with E-state index < -0.39 is 22.3 Å². The number of amides is 1. The molecular weight excluding hydrogens is 275 g/mol. The van der Waals surface area contributed by atoms with Gasteiger partial charge in [0.15, 0.2) is 5.13 Å². The zero-order valence-corrected chi connectivity index (χ0v) is 10.1. The van der Waals surface area contributed by atoms with E-state index in [4.69, 9.17) is 5.73 Å². The number of nitrogens with two attached hydrogens (primary N) is 1. The second-order valence-corrected chi connectivity index (χ2v) is 4.33. The summed E-state index contributed by atoms with van der Waals surface area (Å²) in [6.45, 7) is 0. The Hall–Kier alpha value is -2.55. The summed E-state index contributed by atoms with van der Waals surface area (Å²) in [5.41, 5.74) is 4.16. The lowest BCUT2D eigenvalue weighted by molar-refractivity contribution is -0.384. The number of nitrogen functional groups attached to an aromatic ring is 1. The fourth-order valence-electron chi connectivity index (χ4n) is 1.39. The molecule has 0 saturated carbocycles. The highest BCUT2D eigenvalue weighted by atomic mass is 32.1. The molecule has 2 rings (SSSR count). The third-order valence-corrected chi connectivity index (χ3v) is 2.91. The van der Waals surface area contributed by atoms with Crippen LogP contribution in [0.4, 0.5) is 20.9 Å². The third-order valence-electron chi connectivity index (χ3n) is 2.22. The van der Waals surface area contributed by atoms with Crippen LogP contribution in [0.3, 0.4) is 0 Å². The van der Waals surface area contributed by atoms with Gasteiger partial charge in [-0.1, -0.05) is 0 Å². The molecule has 1 heterocycles. The van der Waals surface area contributed by atoms with Crippen LogP contribution in [0, 0.1) is 15.9 Å². The number of anilines is 2. The summed E-state index contributed by atoms with van der Waals surface area (Å²) in [4.78, 5) is 25.5. The van der Waals surface area contributed by atoms with E-state index in [-0.39, 0.29) is 16.4 Å². The van der Waals surface area contributed by atoms with Crippen LogP contribution in [0.1, 0.15) is 10.4 Å². The van der Waals surface area contributed by atoms with Crippen LogP contribution in [0.2, 0.25) is 0 Å². The van der Waals surface area contributed by atoms with Gasteiger partial charge in [0.05, 0.1) is 16.6 Å². The maximum atomic E-state index is 13.3. The molecule has 0 aliphatic carbocycles. The van der Waals surface area contributed by atoms with Gasteiger partial charge in [-0.15, -0.1) is 11.3 Å². The van der Waals surface area contributed by atoms with Gasteiger partial charge in [-0.3, -0.25) is 20.2 Å². The van der Waals surface area contributed by atoms with Crippen molar-refractivity contribution in [2.24, 2.45) is 0 Å². The van der Waals surface area contributed by atoms with Crippen molar-refractivity contribution in [1.29, 1.82) is 0 Å². The van der Waals surface area contributed by atoms with Gasteiger partial charge in [-0.05, 0) is 6.07 Å². The maximum Gasteiger partial charge on any atom is 0.295 e.